The molecule has 1 aliphatic rings. The van der Waals surface area contributed by atoms with Gasteiger partial charge in [0.15, 0.2) is 5.82 Å². The minimum atomic E-state index is -3.70. The molecule has 1 N–H and O–H groups in total. The highest BCUT2D eigenvalue weighted by molar-refractivity contribution is 7.89. The molecule has 24 heavy (non-hydrogen) atoms. The van der Waals surface area contributed by atoms with E-state index in [0.29, 0.717) is 17.9 Å². The van der Waals surface area contributed by atoms with E-state index in [4.69, 9.17) is 16.3 Å². The summed E-state index contributed by atoms with van der Waals surface area (Å²) >= 11 is 7.10. The molecule has 0 aliphatic carbocycles. The number of ether oxygens (including phenoxy) is 1. The van der Waals surface area contributed by atoms with Gasteiger partial charge in [0.2, 0.25) is 10.0 Å². The molecule has 2 aromatic rings. The van der Waals surface area contributed by atoms with E-state index in [-0.39, 0.29) is 16.7 Å². The number of methoxy groups -OCH3 is 1. The summed E-state index contributed by atoms with van der Waals surface area (Å²) in [7, 11) is -2.27. The zero-order valence-electron chi connectivity index (χ0n) is 13.0. The van der Waals surface area contributed by atoms with Crippen molar-refractivity contribution in [3.8, 4) is 5.75 Å². The molecule has 1 saturated heterocycles. The summed E-state index contributed by atoms with van der Waals surface area (Å²) in [6.45, 7) is 1.45. The molecule has 1 aromatic carbocycles. The van der Waals surface area contributed by atoms with Crippen LogP contribution in [0.2, 0.25) is 5.02 Å². The van der Waals surface area contributed by atoms with E-state index in [9.17, 15) is 8.42 Å². The maximum absolute atomic E-state index is 12.7. The van der Waals surface area contributed by atoms with Crippen molar-refractivity contribution in [1.82, 2.24) is 13.5 Å². The smallest absolute Gasteiger partial charge is 0.244 e. The Hall–Kier alpha value is -1.42. The minimum Gasteiger partial charge on any atom is -0.495 e. The first-order valence-corrected chi connectivity index (χ1v) is 9.97. The summed E-state index contributed by atoms with van der Waals surface area (Å²) in [5, 5.41) is 0.349. The number of sulfonamides is 1. The lowest BCUT2D eigenvalue weighted by atomic mass is 10.1. The molecule has 1 aliphatic heterocycles. The Labute approximate surface area is 150 Å². The molecular weight excluding hydrogens is 372 g/mol. The van der Waals surface area contributed by atoms with E-state index >= 15 is 0 Å². The maximum atomic E-state index is 12.7. The third kappa shape index (κ3) is 3.80. The van der Waals surface area contributed by atoms with Crippen LogP contribution in [0, 0.1) is 0 Å². The van der Waals surface area contributed by atoms with Crippen LogP contribution in [0.4, 0.5) is 5.82 Å². The fourth-order valence-electron chi connectivity index (χ4n) is 2.67. The maximum Gasteiger partial charge on any atom is 0.244 e. The quantitative estimate of drug-likeness (QED) is 0.844. The highest BCUT2D eigenvalue weighted by atomic mass is 35.5. The summed E-state index contributed by atoms with van der Waals surface area (Å²) < 4.78 is 41.4. The number of piperidine rings is 1. The lowest BCUT2D eigenvalue weighted by Gasteiger charge is -2.32. The Morgan fingerprint density at radius 3 is 2.75 bits per heavy atom. The summed E-state index contributed by atoms with van der Waals surface area (Å²) in [4.78, 5) is 2.16. The fraction of sp³-hybridized carbons (Fsp3) is 0.429. The second kappa shape index (κ2) is 7.22. The van der Waals surface area contributed by atoms with Crippen LogP contribution in [-0.4, -0.2) is 43.4 Å². The summed E-state index contributed by atoms with van der Waals surface area (Å²) in [5.41, 5.74) is 0. The average Bonchev–Trinajstić information content (AvgIpc) is 3.10. The molecule has 2 heterocycles. The SMILES string of the molecule is COc1ccc(Cl)cc1S(=O)(=O)NC1CCN(c2cnsn2)CC1. The van der Waals surface area contributed by atoms with Crippen molar-refractivity contribution in [3.63, 3.8) is 0 Å². The van der Waals surface area contributed by atoms with Crippen LogP contribution in [0.5, 0.6) is 5.75 Å². The van der Waals surface area contributed by atoms with Crippen molar-refractivity contribution in [1.29, 1.82) is 0 Å². The van der Waals surface area contributed by atoms with Crippen molar-refractivity contribution in [2.24, 2.45) is 0 Å². The van der Waals surface area contributed by atoms with Crippen LogP contribution in [0.1, 0.15) is 12.8 Å². The highest BCUT2D eigenvalue weighted by Crippen LogP contribution is 2.28. The van der Waals surface area contributed by atoms with Crippen LogP contribution in [-0.2, 0) is 10.0 Å². The van der Waals surface area contributed by atoms with Gasteiger partial charge in [0, 0.05) is 24.2 Å². The molecule has 0 bridgehead atoms. The van der Waals surface area contributed by atoms with E-state index in [1.165, 1.54) is 24.9 Å². The predicted octanol–water partition coefficient (Wildman–Crippen LogP) is 2.15. The van der Waals surface area contributed by atoms with E-state index < -0.39 is 10.0 Å². The van der Waals surface area contributed by atoms with E-state index in [0.717, 1.165) is 18.9 Å². The van der Waals surface area contributed by atoms with Crippen molar-refractivity contribution in [2.45, 2.75) is 23.8 Å². The zero-order valence-corrected chi connectivity index (χ0v) is 15.4. The third-order valence-corrected chi connectivity index (χ3v) is 6.15. The second-order valence-corrected chi connectivity index (χ2v) is 8.12. The van der Waals surface area contributed by atoms with Crippen molar-refractivity contribution < 1.29 is 13.2 Å². The van der Waals surface area contributed by atoms with Gasteiger partial charge in [-0.3, -0.25) is 0 Å². The van der Waals surface area contributed by atoms with Gasteiger partial charge in [0.1, 0.15) is 10.6 Å². The molecule has 7 nitrogen and oxygen atoms in total. The summed E-state index contributed by atoms with van der Waals surface area (Å²) in [6, 6.07) is 4.41. The first-order valence-electron chi connectivity index (χ1n) is 7.38. The number of aromatic nitrogens is 2. The molecule has 0 amide bonds. The third-order valence-electron chi connectivity index (χ3n) is 3.91. The predicted molar refractivity (Wildman–Crippen MR) is 93.5 cm³/mol. The molecule has 0 unspecified atom stereocenters. The largest absolute Gasteiger partial charge is 0.495 e. The molecule has 0 radical (unpaired) electrons. The van der Waals surface area contributed by atoms with Crippen LogP contribution >= 0.6 is 23.3 Å². The van der Waals surface area contributed by atoms with Crippen LogP contribution < -0.4 is 14.4 Å². The van der Waals surface area contributed by atoms with Crippen molar-refractivity contribution in [2.75, 3.05) is 25.1 Å². The number of nitrogens with one attached hydrogen (secondary N) is 1. The first-order chi connectivity index (χ1) is 11.5. The van der Waals surface area contributed by atoms with Gasteiger partial charge < -0.3 is 9.64 Å². The number of hydrogen-bond donors (Lipinski definition) is 1. The zero-order chi connectivity index (χ0) is 17.2. The Kier molecular flexibility index (Phi) is 5.24. The van der Waals surface area contributed by atoms with Crippen LogP contribution in [0.3, 0.4) is 0 Å². The molecule has 10 heteroatoms. The average molecular weight is 389 g/mol. The van der Waals surface area contributed by atoms with Crippen LogP contribution in [0.25, 0.3) is 0 Å². The van der Waals surface area contributed by atoms with Gasteiger partial charge in [0.05, 0.1) is 25.0 Å². The van der Waals surface area contributed by atoms with Gasteiger partial charge in [-0.2, -0.15) is 8.75 Å². The Morgan fingerprint density at radius 1 is 1.38 bits per heavy atom. The molecule has 1 aromatic heterocycles. The molecule has 0 saturated carbocycles. The fourth-order valence-corrected chi connectivity index (χ4v) is 4.84. The Morgan fingerprint density at radius 2 is 2.12 bits per heavy atom. The van der Waals surface area contributed by atoms with Gasteiger partial charge in [-0.15, -0.1) is 0 Å². The number of halogens is 1. The molecule has 130 valence electrons. The topological polar surface area (TPSA) is 84.4 Å². The van der Waals surface area contributed by atoms with Gasteiger partial charge in [0.25, 0.3) is 0 Å². The van der Waals surface area contributed by atoms with E-state index in [1.54, 1.807) is 18.3 Å². The summed E-state index contributed by atoms with van der Waals surface area (Å²) in [6.07, 6.45) is 3.12. The standard InChI is InChI=1S/C14H17ClN4O3S2/c1-22-12-3-2-10(15)8-13(12)24(20,21)18-11-4-6-19(7-5-11)14-9-16-23-17-14/h2-3,8-9,11,18H,4-7H2,1H3. The van der Waals surface area contributed by atoms with Gasteiger partial charge in [-0.1, -0.05) is 11.6 Å². The monoisotopic (exact) mass is 388 g/mol. The molecule has 0 spiro atoms. The number of benzene rings is 1. The number of hydrogen-bond acceptors (Lipinski definition) is 7. The highest BCUT2D eigenvalue weighted by Gasteiger charge is 2.27. The normalized spacial score (nSPS) is 16.3. The number of rotatable bonds is 5. The van der Waals surface area contributed by atoms with Gasteiger partial charge in [-0.05, 0) is 31.0 Å². The Bertz CT molecular complexity index is 790. The first kappa shape index (κ1) is 17.4. The summed E-state index contributed by atoms with van der Waals surface area (Å²) in [5.74, 6) is 1.12. The van der Waals surface area contributed by atoms with Crippen molar-refractivity contribution in [3.05, 3.63) is 29.4 Å². The number of nitrogens with zero attached hydrogens (tertiary/aromatic N) is 3. The number of anilines is 1. The minimum absolute atomic E-state index is 0.0589. The van der Waals surface area contributed by atoms with Gasteiger partial charge >= 0.3 is 0 Å². The lowest BCUT2D eigenvalue weighted by Crippen LogP contribution is -2.44. The molecular formula is C14H17ClN4O3S2. The van der Waals surface area contributed by atoms with Gasteiger partial charge in [-0.25, -0.2) is 13.1 Å². The van der Waals surface area contributed by atoms with E-state index in [1.807, 2.05) is 0 Å². The van der Waals surface area contributed by atoms with Crippen molar-refractivity contribution >= 4 is 39.2 Å². The lowest BCUT2D eigenvalue weighted by molar-refractivity contribution is 0.401. The second-order valence-electron chi connectivity index (χ2n) is 5.44. The van der Waals surface area contributed by atoms with Crippen LogP contribution in [0.15, 0.2) is 29.3 Å². The Balaban J connectivity index is 1.69. The van der Waals surface area contributed by atoms with E-state index in [2.05, 4.69) is 18.4 Å². The molecule has 1 fully saturated rings. The molecule has 3 rings (SSSR count). The molecule has 0 atom stereocenters.